The summed E-state index contributed by atoms with van der Waals surface area (Å²) >= 11 is 0. The number of nitrogens with one attached hydrogen (secondary N) is 1. The van der Waals surface area contributed by atoms with Crippen LogP contribution < -0.4 is 11.1 Å². The van der Waals surface area contributed by atoms with E-state index in [1.165, 1.54) is 5.56 Å². The van der Waals surface area contributed by atoms with Gasteiger partial charge in [-0.05, 0) is 23.6 Å². The molecule has 2 nitrogen and oxygen atoms in total. The van der Waals surface area contributed by atoms with Gasteiger partial charge in [0, 0.05) is 6.54 Å². The van der Waals surface area contributed by atoms with E-state index in [1.54, 1.807) is 0 Å². The van der Waals surface area contributed by atoms with E-state index in [2.05, 4.69) is 36.5 Å². The Balaban J connectivity index is 1.97. The quantitative estimate of drug-likeness (QED) is 0.783. The fourth-order valence-corrected chi connectivity index (χ4v) is 1.82. The number of nitrogens with two attached hydrogens (primary N) is 1. The minimum atomic E-state index is 0.468. The predicted molar refractivity (Wildman–Crippen MR) is 74.2 cm³/mol. The Morgan fingerprint density at radius 3 is 2.35 bits per heavy atom. The standard InChI is InChI=1S/C15H18N2/c1-12(13-7-3-2-4-8-13)11-17-15-10-6-5-9-14(15)16/h2-10,12,17H,11,16H2,1H3. The molecule has 0 amide bonds. The summed E-state index contributed by atoms with van der Waals surface area (Å²) < 4.78 is 0. The Hall–Kier alpha value is -1.96. The van der Waals surface area contributed by atoms with Crippen LogP contribution in [-0.4, -0.2) is 6.54 Å². The van der Waals surface area contributed by atoms with E-state index in [9.17, 15) is 0 Å². The molecule has 0 radical (unpaired) electrons. The monoisotopic (exact) mass is 226 g/mol. The minimum absolute atomic E-state index is 0.468. The summed E-state index contributed by atoms with van der Waals surface area (Å²) in [5.41, 5.74) is 9.03. The summed E-state index contributed by atoms with van der Waals surface area (Å²) in [6.45, 7) is 3.10. The van der Waals surface area contributed by atoms with Gasteiger partial charge in [0.05, 0.1) is 11.4 Å². The zero-order valence-electron chi connectivity index (χ0n) is 10.1. The Morgan fingerprint density at radius 2 is 1.65 bits per heavy atom. The fourth-order valence-electron chi connectivity index (χ4n) is 1.82. The van der Waals surface area contributed by atoms with Crippen LogP contribution in [0.2, 0.25) is 0 Å². The van der Waals surface area contributed by atoms with Crippen LogP contribution in [0.15, 0.2) is 54.6 Å². The summed E-state index contributed by atoms with van der Waals surface area (Å²) in [6, 6.07) is 18.3. The second kappa shape index (κ2) is 5.39. The van der Waals surface area contributed by atoms with Gasteiger partial charge in [-0.3, -0.25) is 0 Å². The van der Waals surface area contributed by atoms with Crippen molar-refractivity contribution in [2.24, 2.45) is 0 Å². The van der Waals surface area contributed by atoms with Crippen molar-refractivity contribution in [2.45, 2.75) is 12.8 Å². The van der Waals surface area contributed by atoms with Gasteiger partial charge in [-0.1, -0.05) is 49.4 Å². The number of hydrogen-bond acceptors (Lipinski definition) is 2. The van der Waals surface area contributed by atoms with Gasteiger partial charge < -0.3 is 11.1 Å². The highest BCUT2D eigenvalue weighted by atomic mass is 14.9. The topological polar surface area (TPSA) is 38.0 Å². The number of nitrogen functional groups attached to an aromatic ring is 1. The molecule has 0 aliphatic rings. The molecule has 17 heavy (non-hydrogen) atoms. The minimum Gasteiger partial charge on any atom is -0.397 e. The summed E-state index contributed by atoms with van der Waals surface area (Å²) in [4.78, 5) is 0. The molecule has 0 saturated carbocycles. The van der Waals surface area contributed by atoms with Gasteiger partial charge in [-0.25, -0.2) is 0 Å². The molecule has 0 aliphatic carbocycles. The molecule has 88 valence electrons. The Morgan fingerprint density at radius 1 is 1.00 bits per heavy atom. The van der Waals surface area contributed by atoms with Crippen LogP contribution in [0.4, 0.5) is 11.4 Å². The van der Waals surface area contributed by atoms with Crippen LogP contribution in [0.25, 0.3) is 0 Å². The summed E-state index contributed by atoms with van der Waals surface area (Å²) in [5.74, 6) is 0.468. The molecule has 2 rings (SSSR count). The zero-order valence-corrected chi connectivity index (χ0v) is 10.1. The molecule has 1 atom stereocenters. The molecule has 2 aromatic carbocycles. The number of rotatable bonds is 4. The fraction of sp³-hybridized carbons (Fsp3) is 0.200. The zero-order chi connectivity index (χ0) is 12.1. The first kappa shape index (κ1) is 11.5. The van der Waals surface area contributed by atoms with Crippen LogP contribution in [0, 0.1) is 0 Å². The lowest BCUT2D eigenvalue weighted by atomic mass is 10.0. The number of benzene rings is 2. The van der Waals surface area contributed by atoms with Gasteiger partial charge in [0.1, 0.15) is 0 Å². The van der Waals surface area contributed by atoms with E-state index < -0.39 is 0 Å². The summed E-state index contributed by atoms with van der Waals surface area (Å²) in [5, 5.41) is 3.39. The van der Waals surface area contributed by atoms with Gasteiger partial charge in [0.25, 0.3) is 0 Å². The van der Waals surface area contributed by atoms with Crippen molar-refractivity contribution in [3.05, 3.63) is 60.2 Å². The molecule has 2 aromatic rings. The first-order chi connectivity index (χ1) is 8.27. The van der Waals surface area contributed by atoms with E-state index in [0.717, 1.165) is 17.9 Å². The number of anilines is 2. The molecule has 2 heteroatoms. The first-order valence-corrected chi connectivity index (χ1v) is 5.90. The van der Waals surface area contributed by atoms with Crippen molar-refractivity contribution in [2.75, 3.05) is 17.6 Å². The Labute approximate surface area is 102 Å². The van der Waals surface area contributed by atoms with Gasteiger partial charge in [0.15, 0.2) is 0 Å². The maximum atomic E-state index is 5.88. The second-order valence-electron chi connectivity index (χ2n) is 4.28. The van der Waals surface area contributed by atoms with Crippen molar-refractivity contribution < 1.29 is 0 Å². The lowest BCUT2D eigenvalue weighted by Crippen LogP contribution is -2.10. The lowest BCUT2D eigenvalue weighted by Gasteiger charge is -2.15. The number of para-hydroxylation sites is 2. The molecule has 1 unspecified atom stereocenters. The van der Waals surface area contributed by atoms with E-state index in [4.69, 9.17) is 5.73 Å². The normalized spacial score (nSPS) is 12.1. The van der Waals surface area contributed by atoms with Gasteiger partial charge in [0.2, 0.25) is 0 Å². The largest absolute Gasteiger partial charge is 0.397 e. The summed E-state index contributed by atoms with van der Waals surface area (Å²) in [6.07, 6.45) is 0. The maximum Gasteiger partial charge on any atom is 0.0574 e. The van der Waals surface area contributed by atoms with Crippen molar-refractivity contribution in [3.8, 4) is 0 Å². The maximum absolute atomic E-state index is 5.88. The Kier molecular flexibility index (Phi) is 3.66. The van der Waals surface area contributed by atoms with Gasteiger partial charge in [-0.15, -0.1) is 0 Å². The highest BCUT2D eigenvalue weighted by Gasteiger charge is 2.05. The molecule has 0 fully saturated rings. The SMILES string of the molecule is CC(CNc1ccccc1N)c1ccccc1. The van der Waals surface area contributed by atoms with E-state index >= 15 is 0 Å². The van der Waals surface area contributed by atoms with Crippen molar-refractivity contribution in [1.29, 1.82) is 0 Å². The summed E-state index contributed by atoms with van der Waals surface area (Å²) in [7, 11) is 0. The van der Waals surface area contributed by atoms with Crippen LogP contribution in [0.5, 0.6) is 0 Å². The molecule has 0 aromatic heterocycles. The van der Waals surface area contributed by atoms with Crippen molar-refractivity contribution in [1.82, 2.24) is 0 Å². The molecule has 0 aliphatic heterocycles. The molecular formula is C15H18N2. The smallest absolute Gasteiger partial charge is 0.0574 e. The van der Waals surface area contributed by atoms with Crippen molar-refractivity contribution >= 4 is 11.4 Å². The van der Waals surface area contributed by atoms with Crippen molar-refractivity contribution in [3.63, 3.8) is 0 Å². The molecular weight excluding hydrogens is 208 g/mol. The third kappa shape index (κ3) is 3.00. The van der Waals surface area contributed by atoms with E-state index in [0.29, 0.717) is 5.92 Å². The van der Waals surface area contributed by atoms with Crippen LogP contribution in [0.3, 0.4) is 0 Å². The molecule has 3 N–H and O–H groups in total. The van der Waals surface area contributed by atoms with Gasteiger partial charge >= 0.3 is 0 Å². The lowest BCUT2D eigenvalue weighted by molar-refractivity contribution is 0.805. The average molecular weight is 226 g/mol. The predicted octanol–water partition coefficient (Wildman–Crippen LogP) is 3.48. The highest BCUT2D eigenvalue weighted by molar-refractivity contribution is 5.65. The molecule has 0 saturated heterocycles. The van der Waals surface area contributed by atoms with E-state index in [-0.39, 0.29) is 0 Å². The molecule has 0 heterocycles. The van der Waals surface area contributed by atoms with Crippen LogP contribution in [-0.2, 0) is 0 Å². The third-order valence-electron chi connectivity index (χ3n) is 2.93. The Bertz CT molecular complexity index is 465. The number of hydrogen-bond donors (Lipinski definition) is 2. The second-order valence-corrected chi connectivity index (χ2v) is 4.28. The van der Waals surface area contributed by atoms with Gasteiger partial charge in [-0.2, -0.15) is 0 Å². The van der Waals surface area contributed by atoms with E-state index in [1.807, 2.05) is 30.3 Å². The average Bonchev–Trinajstić information content (AvgIpc) is 2.38. The third-order valence-corrected chi connectivity index (χ3v) is 2.93. The van der Waals surface area contributed by atoms with Crippen LogP contribution in [0.1, 0.15) is 18.4 Å². The molecule has 0 bridgehead atoms. The molecule has 0 spiro atoms. The first-order valence-electron chi connectivity index (χ1n) is 5.90. The highest BCUT2D eigenvalue weighted by Crippen LogP contribution is 2.20. The van der Waals surface area contributed by atoms with Crippen LogP contribution >= 0.6 is 0 Å².